The normalized spacial score (nSPS) is 10.0. The third-order valence-electron chi connectivity index (χ3n) is 2.41. The molecule has 1 heterocycles. The number of nitrogens with one attached hydrogen (secondary N) is 2. The number of hydrogen-bond acceptors (Lipinski definition) is 4. The number of hydrogen-bond donors (Lipinski definition) is 2. The fourth-order valence-corrected chi connectivity index (χ4v) is 2.05. The molecule has 0 radical (unpaired) electrons. The zero-order valence-electron chi connectivity index (χ0n) is 9.65. The highest BCUT2D eigenvalue weighted by Gasteiger charge is 2.10. The summed E-state index contributed by atoms with van der Waals surface area (Å²) >= 11 is 1.40. The summed E-state index contributed by atoms with van der Waals surface area (Å²) < 4.78 is 0. The summed E-state index contributed by atoms with van der Waals surface area (Å²) in [6.07, 6.45) is 1.66. The van der Waals surface area contributed by atoms with Crippen molar-refractivity contribution in [3.8, 4) is 0 Å². The van der Waals surface area contributed by atoms with Crippen LogP contribution in [-0.2, 0) is 0 Å². The molecular weight excluding hydrogens is 234 g/mol. The first kappa shape index (κ1) is 11.6. The van der Waals surface area contributed by atoms with Crippen LogP contribution < -0.4 is 10.6 Å². The third-order valence-corrected chi connectivity index (χ3v) is 3.10. The molecule has 0 atom stereocenters. The van der Waals surface area contributed by atoms with Crippen LogP contribution in [0, 0.1) is 6.92 Å². The maximum atomic E-state index is 12.0. The highest BCUT2D eigenvalue weighted by Crippen LogP contribution is 2.17. The second-order valence-electron chi connectivity index (χ2n) is 3.57. The summed E-state index contributed by atoms with van der Waals surface area (Å²) in [6.45, 7) is 1.91. The predicted octanol–water partition coefficient (Wildman–Crippen LogP) is 2.75. The van der Waals surface area contributed by atoms with Crippen molar-refractivity contribution < 1.29 is 4.79 Å². The molecule has 4 nitrogen and oxygen atoms in total. The first-order valence-corrected chi connectivity index (χ1v) is 6.08. The van der Waals surface area contributed by atoms with E-state index in [1.165, 1.54) is 11.3 Å². The molecule has 0 aliphatic rings. The van der Waals surface area contributed by atoms with Crippen LogP contribution in [0.25, 0.3) is 0 Å². The average molecular weight is 247 g/mol. The highest BCUT2D eigenvalue weighted by atomic mass is 32.1. The van der Waals surface area contributed by atoms with Crippen LogP contribution in [0.1, 0.15) is 15.9 Å². The average Bonchev–Trinajstić information content (AvgIpc) is 2.81. The number of aromatic nitrogens is 1. The van der Waals surface area contributed by atoms with Gasteiger partial charge in [-0.25, -0.2) is 4.98 Å². The molecule has 0 aliphatic heterocycles. The van der Waals surface area contributed by atoms with Gasteiger partial charge in [0.05, 0.1) is 0 Å². The van der Waals surface area contributed by atoms with Gasteiger partial charge in [-0.3, -0.25) is 10.1 Å². The number of thiazole rings is 1. The van der Waals surface area contributed by atoms with Crippen LogP contribution in [-0.4, -0.2) is 17.9 Å². The van der Waals surface area contributed by atoms with E-state index >= 15 is 0 Å². The molecule has 1 aromatic carbocycles. The van der Waals surface area contributed by atoms with Crippen molar-refractivity contribution in [2.75, 3.05) is 17.7 Å². The Kier molecular flexibility index (Phi) is 3.39. The molecule has 1 aromatic heterocycles. The van der Waals surface area contributed by atoms with Crippen molar-refractivity contribution in [1.29, 1.82) is 0 Å². The van der Waals surface area contributed by atoms with E-state index in [9.17, 15) is 4.79 Å². The van der Waals surface area contributed by atoms with Gasteiger partial charge in [0.2, 0.25) is 0 Å². The maximum Gasteiger partial charge on any atom is 0.257 e. The number of carbonyl (C=O) groups is 1. The Hall–Kier alpha value is -1.88. The van der Waals surface area contributed by atoms with E-state index in [4.69, 9.17) is 0 Å². The molecule has 0 bridgehead atoms. The number of amides is 1. The molecule has 88 valence electrons. The standard InChI is InChI=1S/C12H13N3OS/c1-8-7-9(13-2)3-4-10(8)11(16)15-12-14-5-6-17-12/h3-7,13H,1-2H3,(H,14,15,16). The number of nitrogens with zero attached hydrogens (tertiary/aromatic N) is 1. The van der Waals surface area contributed by atoms with Crippen LogP contribution in [0.2, 0.25) is 0 Å². The van der Waals surface area contributed by atoms with Crippen molar-refractivity contribution in [1.82, 2.24) is 4.98 Å². The second kappa shape index (κ2) is 4.97. The minimum absolute atomic E-state index is 0.125. The summed E-state index contributed by atoms with van der Waals surface area (Å²) in [6, 6.07) is 5.63. The molecule has 5 heteroatoms. The van der Waals surface area contributed by atoms with Gasteiger partial charge < -0.3 is 5.32 Å². The van der Waals surface area contributed by atoms with Crippen LogP contribution in [0.4, 0.5) is 10.8 Å². The Labute approximate surface area is 104 Å². The second-order valence-corrected chi connectivity index (χ2v) is 4.47. The van der Waals surface area contributed by atoms with Crippen LogP contribution >= 0.6 is 11.3 Å². The minimum Gasteiger partial charge on any atom is -0.388 e. The number of rotatable bonds is 3. The fraction of sp³-hybridized carbons (Fsp3) is 0.167. The van der Waals surface area contributed by atoms with E-state index in [1.54, 1.807) is 6.20 Å². The largest absolute Gasteiger partial charge is 0.388 e. The van der Waals surface area contributed by atoms with Crippen LogP contribution in [0.5, 0.6) is 0 Å². The number of benzene rings is 1. The molecule has 2 N–H and O–H groups in total. The van der Waals surface area contributed by atoms with E-state index in [0.717, 1.165) is 11.3 Å². The quantitative estimate of drug-likeness (QED) is 0.876. The van der Waals surface area contributed by atoms with Crippen molar-refractivity contribution >= 4 is 28.1 Å². The van der Waals surface area contributed by atoms with E-state index in [1.807, 2.05) is 37.6 Å². The van der Waals surface area contributed by atoms with Crippen molar-refractivity contribution in [2.24, 2.45) is 0 Å². The Morgan fingerprint density at radius 2 is 2.24 bits per heavy atom. The molecule has 0 saturated heterocycles. The summed E-state index contributed by atoms with van der Waals surface area (Å²) in [5, 5.41) is 8.25. The van der Waals surface area contributed by atoms with Crippen LogP contribution in [0.15, 0.2) is 29.8 Å². The molecule has 2 rings (SSSR count). The number of aryl methyl sites for hydroxylation is 1. The summed E-state index contributed by atoms with van der Waals surface area (Å²) in [5.74, 6) is -0.125. The smallest absolute Gasteiger partial charge is 0.257 e. The van der Waals surface area contributed by atoms with E-state index in [-0.39, 0.29) is 5.91 Å². The van der Waals surface area contributed by atoms with Gasteiger partial charge in [-0.1, -0.05) is 0 Å². The SMILES string of the molecule is CNc1ccc(C(=O)Nc2nccs2)c(C)c1. The van der Waals surface area contributed by atoms with Crippen molar-refractivity contribution in [2.45, 2.75) is 6.92 Å². The Bertz CT molecular complexity index is 523. The highest BCUT2D eigenvalue weighted by molar-refractivity contribution is 7.13. The lowest BCUT2D eigenvalue weighted by molar-refractivity contribution is 0.102. The lowest BCUT2D eigenvalue weighted by Crippen LogP contribution is -2.13. The van der Waals surface area contributed by atoms with E-state index in [0.29, 0.717) is 10.7 Å². The first-order chi connectivity index (χ1) is 8.20. The van der Waals surface area contributed by atoms with Gasteiger partial charge in [-0.05, 0) is 30.7 Å². The molecule has 0 aliphatic carbocycles. The Morgan fingerprint density at radius 1 is 1.41 bits per heavy atom. The lowest BCUT2D eigenvalue weighted by atomic mass is 10.1. The molecule has 2 aromatic rings. The van der Waals surface area contributed by atoms with Crippen molar-refractivity contribution in [3.05, 3.63) is 40.9 Å². The number of carbonyl (C=O) groups excluding carboxylic acids is 1. The van der Waals surface area contributed by atoms with E-state index in [2.05, 4.69) is 15.6 Å². The monoisotopic (exact) mass is 247 g/mol. The predicted molar refractivity (Wildman–Crippen MR) is 70.8 cm³/mol. The zero-order chi connectivity index (χ0) is 12.3. The molecule has 0 saturated carbocycles. The molecule has 1 amide bonds. The first-order valence-electron chi connectivity index (χ1n) is 5.20. The van der Waals surface area contributed by atoms with Crippen LogP contribution in [0.3, 0.4) is 0 Å². The minimum atomic E-state index is -0.125. The van der Waals surface area contributed by atoms with Crippen molar-refractivity contribution in [3.63, 3.8) is 0 Å². The number of anilines is 2. The summed E-state index contributed by atoms with van der Waals surface area (Å²) in [4.78, 5) is 16.0. The summed E-state index contributed by atoms with van der Waals surface area (Å²) in [7, 11) is 1.85. The molecule has 0 fully saturated rings. The van der Waals surface area contributed by atoms with Gasteiger partial charge in [0.15, 0.2) is 5.13 Å². The summed E-state index contributed by atoms with van der Waals surface area (Å²) in [5.41, 5.74) is 2.60. The van der Waals surface area contributed by atoms with Gasteiger partial charge in [0, 0.05) is 29.9 Å². The molecule has 0 unspecified atom stereocenters. The molecule has 0 spiro atoms. The van der Waals surface area contributed by atoms with Gasteiger partial charge in [0.25, 0.3) is 5.91 Å². The molecular formula is C12H13N3OS. The van der Waals surface area contributed by atoms with Gasteiger partial charge in [0.1, 0.15) is 0 Å². The zero-order valence-corrected chi connectivity index (χ0v) is 10.5. The Morgan fingerprint density at radius 3 is 2.82 bits per heavy atom. The Balaban J connectivity index is 2.19. The lowest BCUT2D eigenvalue weighted by Gasteiger charge is -2.07. The molecule has 17 heavy (non-hydrogen) atoms. The van der Waals surface area contributed by atoms with E-state index < -0.39 is 0 Å². The topological polar surface area (TPSA) is 54.0 Å². The maximum absolute atomic E-state index is 12.0. The van der Waals surface area contributed by atoms with Gasteiger partial charge in [-0.15, -0.1) is 11.3 Å². The third kappa shape index (κ3) is 2.62. The van der Waals surface area contributed by atoms with Gasteiger partial charge >= 0.3 is 0 Å². The fourth-order valence-electron chi connectivity index (χ4n) is 1.52. The van der Waals surface area contributed by atoms with Gasteiger partial charge in [-0.2, -0.15) is 0 Å².